The second kappa shape index (κ2) is 10.6. The third-order valence-corrected chi connectivity index (χ3v) is 3.35. The smallest absolute Gasteiger partial charge is 0.155 e. The topological polar surface area (TPSA) is 59.4 Å². The van der Waals surface area contributed by atoms with E-state index in [1.54, 1.807) is 19.2 Å². The maximum absolute atomic E-state index is 13.2. The molecule has 4 nitrogen and oxygen atoms in total. The van der Waals surface area contributed by atoms with Crippen LogP contribution in [-0.4, -0.2) is 23.0 Å². The van der Waals surface area contributed by atoms with Crippen LogP contribution in [0, 0.1) is 11.9 Å². The van der Waals surface area contributed by atoms with Crippen molar-refractivity contribution in [1.82, 2.24) is 4.98 Å². The third kappa shape index (κ3) is 6.93. The van der Waals surface area contributed by atoms with Crippen LogP contribution in [0.2, 0.25) is 0 Å². The number of fused-ring (bicyclic) bond motifs is 1. The summed E-state index contributed by atoms with van der Waals surface area (Å²) in [6.07, 6.45) is 1.17. The Morgan fingerprint density at radius 2 is 1.89 bits per heavy atom. The first-order chi connectivity index (χ1) is 12.4. The maximum Gasteiger partial charge on any atom is 0.155 e. The van der Waals surface area contributed by atoms with E-state index in [1.165, 1.54) is 32.1 Å². The van der Waals surface area contributed by atoms with Gasteiger partial charge in [0.2, 0.25) is 0 Å². The van der Waals surface area contributed by atoms with Crippen molar-refractivity contribution in [3.63, 3.8) is 0 Å². The zero-order valence-corrected chi connectivity index (χ0v) is 17.5. The first-order valence-corrected chi connectivity index (χ1v) is 7.89. The monoisotopic (exact) mass is 545 g/mol. The molecule has 143 valence electrons. The zero-order valence-electron chi connectivity index (χ0n) is 15.1. The van der Waals surface area contributed by atoms with Crippen molar-refractivity contribution in [3.8, 4) is 17.0 Å². The van der Waals surface area contributed by atoms with Crippen LogP contribution in [0.5, 0.6) is 5.75 Å². The fourth-order valence-corrected chi connectivity index (χ4v) is 2.25. The van der Waals surface area contributed by atoms with E-state index in [0.29, 0.717) is 5.52 Å². The second-order valence-electron chi connectivity index (χ2n) is 5.57. The van der Waals surface area contributed by atoms with Crippen molar-refractivity contribution in [2.24, 2.45) is 0 Å². The normalized spacial score (nSPS) is 10.4. The molecule has 0 fully saturated rings. The summed E-state index contributed by atoms with van der Waals surface area (Å²) in [7, 11) is 1.61. The summed E-state index contributed by atoms with van der Waals surface area (Å²) < 4.78 is 18.4. The Morgan fingerprint density at radius 1 is 1.19 bits per heavy atom. The van der Waals surface area contributed by atoms with E-state index >= 15 is 0 Å². The molecule has 1 aromatic heterocycles. The van der Waals surface area contributed by atoms with Crippen LogP contribution in [0.15, 0.2) is 60.4 Å². The number of carbonyl (C=O) groups is 1. The molecule has 0 aliphatic heterocycles. The Morgan fingerprint density at radius 3 is 2.48 bits per heavy atom. The Hall–Kier alpha value is -2.56. The molecule has 0 amide bonds. The standard InChI is InChI=1S/C16H11FNO.C5H8O2.Ir/c1-19-14-4-2-3-12(9-14)15-8-6-11-5-7-13(17)10-16(11)18-15;1-4(6)3-5(2)7;/h2,4-10H,1H3;3,6H,1-2H3;/q-1;;/b;4-3-;. The molecule has 3 aromatic rings. The van der Waals surface area contributed by atoms with E-state index in [9.17, 15) is 9.18 Å². The molecule has 3 rings (SSSR count). The molecule has 1 N–H and O–H groups in total. The molecule has 0 saturated carbocycles. The number of aliphatic hydroxyl groups is 1. The number of allylic oxidation sites excluding steroid dienone is 2. The van der Waals surface area contributed by atoms with Gasteiger partial charge in [0, 0.05) is 31.9 Å². The molecule has 0 spiro atoms. The molecule has 0 aliphatic rings. The number of ether oxygens (including phenoxy) is 1. The van der Waals surface area contributed by atoms with Crippen LogP contribution >= 0.6 is 0 Å². The van der Waals surface area contributed by atoms with E-state index in [1.807, 2.05) is 24.3 Å². The predicted molar refractivity (Wildman–Crippen MR) is 99.6 cm³/mol. The summed E-state index contributed by atoms with van der Waals surface area (Å²) in [4.78, 5) is 14.5. The van der Waals surface area contributed by atoms with Crippen molar-refractivity contribution in [3.05, 3.63) is 72.2 Å². The number of hydrogen-bond acceptors (Lipinski definition) is 4. The molecule has 1 radical (unpaired) electrons. The van der Waals surface area contributed by atoms with Crippen molar-refractivity contribution in [2.75, 3.05) is 7.11 Å². The Labute approximate surface area is 171 Å². The van der Waals surface area contributed by atoms with Gasteiger partial charge in [0.1, 0.15) is 5.82 Å². The molecule has 0 atom stereocenters. The average Bonchev–Trinajstić information content (AvgIpc) is 2.60. The first kappa shape index (κ1) is 22.5. The van der Waals surface area contributed by atoms with Crippen LogP contribution in [0.3, 0.4) is 0 Å². The van der Waals surface area contributed by atoms with E-state index < -0.39 is 0 Å². The number of benzene rings is 2. The molecule has 0 bridgehead atoms. The molecule has 0 unspecified atom stereocenters. The zero-order chi connectivity index (χ0) is 19.1. The second-order valence-corrected chi connectivity index (χ2v) is 5.57. The van der Waals surface area contributed by atoms with Gasteiger partial charge in [-0.05, 0) is 43.1 Å². The van der Waals surface area contributed by atoms with E-state index in [4.69, 9.17) is 9.84 Å². The molecule has 1 heterocycles. The van der Waals surface area contributed by atoms with Crippen molar-refractivity contribution < 1.29 is 39.1 Å². The van der Waals surface area contributed by atoms with Crippen molar-refractivity contribution in [1.29, 1.82) is 0 Å². The van der Waals surface area contributed by atoms with Gasteiger partial charge in [-0.3, -0.25) is 9.78 Å². The average molecular weight is 545 g/mol. The van der Waals surface area contributed by atoms with Gasteiger partial charge in [-0.25, -0.2) is 4.39 Å². The molecule has 2 aromatic carbocycles. The number of aliphatic hydroxyl groups excluding tert-OH is 1. The summed E-state index contributed by atoms with van der Waals surface area (Å²) >= 11 is 0. The van der Waals surface area contributed by atoms with Gasteiger partial charge in [0.25, 0.3) is 0 Å². The van der Waals surface area contributed by atoms with E-state index in [0.717, 1.165) is 22.4 Å². The summed E-state index contributed by atoms with van der Waals surface area (Å²) in [5, 5.41) is 9.27. The van der Waals surface area contributed by atoms with Gasteiger partial charge in [0.15, 0.2) is 5.78 Å². The fraction of sp³-hybridized carbons (Fsp3) is 0.143. The predicted octanol–water partition coefficient (Wildman–Crippen LogP) is 4.88. The molecule has 0 aliphatic carbocycles. The number of ketones is 1. The number of rotatable bonds is 3. The van der Waals surface area contributed by atoms with Crippen LogP contribution < -0.4 is 4.74 Å². The molecule has 6 heteroatoms. The van der Waals surface area contributed by atoms with Crippen molar-refractivity contribution >= 4 is 16.7 Å². The van der Waals surface area contributed by atoms with Gasteiger partial charge in [0.05, 0.1) is 18.4 Å². The number of hydrogen-bond donors (Lipinski definition) is 1. The SMILES string of the molecule is CC(=O)/C=C(/C)O.COc1cc[c-]c(-c2ccc3ccc(F)cc3n2)c1.[Ir]. The van der Waals surface area contributed by atoms with Gasteiger partial charge in [-0.2, -0.15) is 0 Å². The van der Waals surface area contributed by atoms with Gasteiger partial charge in [-0.15, -0.1) is 29.8 Å². The Balaban J connectivity index is 0.000000395. The summed E-state index contributed by atoms with van der Waals surface area (Å²) in [5.41, 5.74) is 2.20. The number of aromatic nitrogens is 1. The van der Waals surface area contributed by atoms with Crippen LogP contribution in [-0.2, 0) is 24.9 Å². The van der Waals surface area contributed by atoms with E-state index in [-0.39, 0.29) is 37.5 Å². The van der Waals surface area contributed by atoms with Crippen LogP contribution in [0.25, 0.3) is 22.2 Å². The number of methoxy groups -OCH3 is 1. The Kier molecular flexibility index (Phi) is 8.79. The molecule has 0 saturated heterocycles. The van der Waals surface area contributed by atoms with Gasteiger partial charge < -0.3 is 9.84 Å². The minimum Gasteiger partial charge on any atom is -0.516 e. The summed E-state index contributed by atoms with van der Waals surface area (Å²) in [5.74, 6) is 0.397. The molecular weight excluding hydrogens is 525 g/mol. The van der Waals surface area contributed by atoms with E-state index in [2.05, 4.69) is 11.1 Å². The number of pyridine rings is 1. The summed E-state index contributed by atoms with van der Waals surface area (Å²) in [6.45, 7) is 2.85. The van der Waals surface area contributed by atoms with Crippen LogP contribution in [0.4, 0.5) is 4.39 Å². The fourth-order valence-electron chi connectivity index (χ4n) is 2.25. The largest absolute Gasteiger partial charge is 0.516 e. The third-order valence-electron chi connectivity index (χ3n) is 3.35. The quantitative estimate of drug-likeness (QED) is 0.290. The number of nitrogens with zero attached hydrogens (tertiary/aromatic N) is 1. The molecular formula is C21H19FIrNO3-. The van der Waals surface area contributed by atoms with Crippen LogP contribution in [0.1, 0.15) is 13.8 Å². The molecule has 27 heavy (non-hydrogen) atoms. The number of carbonyl (C=O) groups excluding carboxylic acids is 1. The Bertz CT molecular complexity index is 953. The first-order valence-electron chi connectivity index (χ1n) is 7.89. The minimum atomic E-state index is -0.285. The van der Waals surface area contributed by atoms with Crippen molar-refractivity contribution in [2.45, 2.75) is 13.8 Å². The maximum atomic E-state index is 13.2. The minimum absolute atomic E-state index is 0. The summed E-state index contributed by atoms with van der Waals surface area (Å²) in [6, 6.07) is 17.0. The van der Waals surface area contributed by atoms with Gasteiger partial charge >= 0.3 is 0 Å². The number of halogens is 1. The van der Waals surface area contributed by atoms with Gasteiger partial charge in [-0.1, -0.05) is 12.1 Å².